The number of hydrogen-bond donors (Lipinski definition) is 0. The fourth-order valence-corrected chi connectivity index (χ4v) is 4.40. The minimum Gasteiger partial charge on any atom is -0.459 e. The Kier molecular flexibility index (Phi) is 5.11. The van der Waals surface area contributed by atoms with Gasteiger partial charge < -0.3 is 13.7 Å². The number of carbonyl (C=O) groups is 2. The van der Waals surface area contributed by atoms with E-state index in [-0.39, 0.29) is 35.4 Å². The summed E-state index contributed by atoms with van der Waals surface area (Å²) < 4.78 is 10.8. The molecule has 2 atom stereocenters. The Bertz CT molecular complexity index is 1220. The van der Waals surface area contributed by atoms with Crippen molar-refractivity contribution in [3.05, 3.63) is 108 Å². The minimum atomic E-state index is -0.276. The third-order valence-electron chi connectivity index (χ3n) is 5.81. The first-order valence-corrected chi connectivity index (χ1v) is 10.5. The lowest BCUT2D eigenvalue weighted by molar-refractivity contribution is 0.0937. The average Bonchev–Trinajstić information content (AvgIpc) is 3.54. The van der Waals surface area contributed by atoms with E-state index in [9.17, 15) is 9.59 Å². The van der Waals surface area contributed by atoms with Gasteiger partial charge in [-0.1, -0.05) is 36.4 Å². The lowest BCUT2D eigenvalue weighted by Gasteiger charge is -2.43. The summed E-state index contributed by atoms with van der Waals surface area (Å²) in [4.78, 5) is 30.3. The highest BCUT2D eigenvalue weighted by Crippen LogP contribution is 2.43. The maximum atomic E-state index is 13.6. The molecule has 2 amide bonds. The molecular formula is C26H22N2O4. The number of rotatable bonds is 4. The van der Waals surface area contributed by atoms with Gasteiger partial charge in [0.25, 0.3) is 11.8 Å². The molecule has 4 aromatic rings. The Morgan fingerprint density at radius 2 is 1.50 bits per heavy atom. The minimum absolute atomic E-state index is 0.164. The van der Waals surface area contributed by atoms with Crippen molar-refractivity contribution in [1.29, 1.82) is 0 Å². The van der Waals surface area contributed by atoms with Gasteiger partial charge in [-0.2, -0.15) is 0 Å². The van der Waals surface area contributed by atoms with Gasteiger partial charge in [0.1, 0.15) is 0 Å². The van der Waals surface area contributed by atoms with E-state index in [2.05, 4.69) is 0 Å². The van der Waals surface area contributed by atoms with E-state index in [1.165, 1.54) is 12.5 Å². The Balaban J connectivity index is 1.61. The Morgan fingerprint density at radius 3 is 2.19 bits per heavy atom. The van der Waals surface area contributed by atoms with Gasteiger partial charge in [0.15, 0.2) is 11.5 Å². The van der Waals surface area contributed by atoms with E-state index < -0.39 is 0 Å². The molecule has 2 aromatic heterocycles. The lowest BCUT2D eigenvalue weighted by Crippen LogP contribution is -2.47. The van der Waals surface area contributed by atoms with Crippen molar-refractivity contribution in [3.63, 3.8) is 0 Å². The number of fused-ring (bicyclic) bond motifs is 1. The van der Waals surface area contributed by atoms with E-state index in [0.29, 0.717) is 6.42 Å². The molecule has 0 unspecified atom stereocenters. The third-order valence-corrected chi connectivity index (χ3v) is 5.81. The summed E-state index contributed by atoms with van der Waals surface area (Å²) in [6, 6.07) is 23.6. The van der Waals surface area contributed by atoms with Crippen molar-refractivity contribution >= 4 is 23.2 Å². The quantitative estimate of drug-likeness (QED) is 0.420. The molecule has 0 saturated carbocycles. The molecule has 1 aliphatic rings. The summed E-state index contributed by atoms with van der Waals surface area (Å²) in [7, 11) is 0. The SMILES string of the molecule is C[C@@H]1C[C@H](N(C(=O)c2ccco2)c2ccccc2)c2ccccc2N1C(=O)c1ccco1. The van der Waals surface area contributed by atoms with Crippen molar-refractivity contribution in [2.75, 3.05) is 9.80 Å². The van der Waals surface area contributed by atoms with Gasteiger partial charge >= 0.3 is 0 Å². The van der Waals surface area contributed by atoms with Gasteiger partial charge in [-0.15, -0.1) is 0 Å². The zero-order valence-corrected chi connectivity index (χ0v) is 17.5. The van der Waals surface area contributed by atoms with Crippen LogP contribution in [0.1, 0.15) is 46.1 Å². The van der Waals surface area contributed by atoms with Crippen LogP contribution in [0.15, 0.2) is 100 Å². The molecule has 0 aliphatic carbocycles. The number of furan rings is 2. The second-order valence-electron chi connectivity index (χ2n) is 7.80. The largest absolute Gasteiger partial charge is 0.459 e. The Morgan fingerprint density at radius 1 is 0.844 bits per heavy atom. The van der Waals surface area contributed by atoms with E-state index >= 15 is 0 Å². The van der Waals surface area contributed by atoms with Gasteiger partial charge in [-0.3, -0.25) is 14.5 Å². The van der Waals surface area contributed by atoms with Gasteiger partial charge in [-0.25, -0.2) is 0 Å². The molecule has 0 N–H and O–H groups in total. The summed E-state index contributed by atoms with van der Waals surface area (Å²) in [5.74, 6) is 0.140. The summed E-state index contributed by atoms with van der Waals surface area (Å²) in [6.45, 7) is 1.99. The molecule has 0 saturated heterocycles. The van der Waals surface area contributed by atoms with Crippen molar-refractivity contribution in [1.82, 2.24) is 0 Å². The number of carbonyl (C=O) groups excluding carboxylic acids is 2. The van der Waals surface area contributed by atoms with Crippen LogP contribution in [-0.2, 0) is 0 Å². The van der Waals surface area contributed by atoms with E-state index in [4.69, 9.17) is 8.83 Å². The number of amides is 2. The second kappa shape index (κ2) is 8.23. The molecule has 32 heavy (non-hydrogen) atoms. The van der Waals surface area contributed by atoms with Crippen molar-refractivity contribution < 1.29 is 18.4 Å². The highest BCUT2D eigenvalue weighted by molar-refractivity contribution is 6.07. The van der Waals surface area contributed by atoms with Crippen LogP contribution in [-0.4, -0.2) is 17.9 Å². The number of benzene rings is 2. The van der Waals surface area contributed by atoms with Crippen LogP contribution < -0.4 is 9.80 Å². The summed E-state index contributed by atoms with van der Waals surface area (Å²) in [6.07, 6.45) is 3.55. The first-order chi connectivity index (χ1) is 15.6. The molecule has 3 heterocycles. The molecule has 0 bridgehead atoms. The van der Waals surface area contributed by atoms with Crippen LogP contribution >= 0.6 is 0 Å². The maximum absolute atomic E-state index is 13.6. The summed E-state index contributed by atoms with van der Waals surface area (Å²) in [5, 5.41) is 0. The molecule has 0 spiro atoms. The van der Waals surface area contributed by atoms with Crippen LogP contribution in [0, 0.1) is 0 Å². The molecule has 5 rings (SSSR count). The summed E-state index contributed by atoms with van der Waals surface area (Å²) in [5.41, 5.74) is 2.44. The van der Waals surface area contributed by atoms with Gasteiger partial charge in [0.05, 0.1) is 18.6 Å². The zero-order chi connectivity index (χ0) is 22.1. The first-order valence-electron chi connectivity index (χ1n) is 10.5. The molecule has 6 nitrogen and oxygen atoms in total. The topological polar surface area (TPSA) is 66.9 Å². The van der Waals surface area contributed by atoms with Crippen LogP contribution in [0.25, 0.3) is 0 Å². The van der Waals surface area contributed by atoms with Gasteiger partial charge in [0.2, 0.25) is 0 Å². The number of anilines is 2. The molecule has 6 heteroatoms. The monoisotopic (exact) mass is 426 g/mol. The van der Waals surface area contributed by atoms with Crippen molar-refractivity contribution in [3.8, 4) is 0 Å². The highest BCUT2D eigenvalue weighted by atomic mass is 16.3. The fraction of sp³-hybridized carbons (Fsp3) is 0.154. The molecule has 0 fully saturated rings. The Hall–Kier alpha value is -4.06. The molecule has 160 valence electrons. The van der Waals surface area contributed by atoms with Crippen LogP contribution in [0.3, 0.4) is 0 Å². The lowest BCUT2D eigenvalue weighted by atomic mass is 9.89. The molecule has 1 aliphatic heterocycles. The van der Waals surface area contributed by atoms with Crippen LogP contribution in [0.4, 0.5) is 11.4 Å². The van der Waals surface area contributed by atoms with E-state index in [1.807, 2.05) is 61.5 Å². The molecular weight excluding hydrogens is 404 g/mol. The average molecular weight is 426 g/mol. The second-order valence-corrected chi connectivity index (χ2v) is 7.80. The predicted octanol–water partition coefficient (Wildman–Crippen LogP) is 5.70. The van der Waals surface area contributed by atoms with Crippen molar-refractivity contribution in [2.45, 2.75) is 25.4 Å². The molecule has 0 radical (unpaired) electrons. The number of hydrogen-bond acceptors (Lipinski definition) is 4. The first kappa shape index (κ1) is 19.9. The smallest absolute Gasteiger partial charge is 0.294 e. The van der Waals surface area contributed by atoms with Crippen molar-refractivity contribution in [2.24, 2.45) is 0 Å². The third kappa shape index (κ3) is 3.39. The normalized spacial score (nSPS) is 17.6. The predicted molar refractivity (Wildman–Crippen MR) is 121 cm³/mol. The number of nitrogens with zero attached hydrogens (tertiary/aromatic N) is 2. The van der Waals surface area contributed by atoms with E-state index in [0.717, 1.165) is 16.9 Å². The molecule has 2 aromatic carbocycles. The Labute approximate surface area is 185 Å². The fourth-order valence-electron chi connectivity index (χ4n) is 4.40. The van der Waals surface area contributed by atoms with Crippen LogP contribution in [0.2, 0.25) is 0 Å². The van der Waals surface area contributed by atoms with Gasteiger partial charge in [-0.05, 0) is 61.4 Å². The van der Waals surface area contributed by atoms with E-state index in [1.54, 1.807) is 34.1 Å². The highest BCUT2D eigenvalue weighted by Gasteiger charge is 2.40. The number of para-hydroxylation sites is 2. The zero-order valence-electron chi connectivity index (χ0n) is 17.5. The summed E-state index contributed by atoms with van der Waals surface area (Å²) >= 11 is 0. The maximum Gasteiger partial charge on any atom is 0.294 e. The standard InChI is InChI=1S/C26H22N2O4/c1-18-17-22(28(19-9-3-2-4-10-19)26(30)24-14-8-16-32-24)20-11-5-6-12-21(20)27(18)25(29)23-13-7-15-31-23/h2-16,18,22H,17H2,1H3/t18-,22+/m1/s1. The van der Waals surface area contributed by atoms with Gasteiger partial charge in [0, 0.05) is 17.4 Å². The van der Waals surface area contributed by atoms with Crippen LogP contribution in [0.5, 0.6) is 0 Å².